The predicted molar refractivity (Wildman–Crippen MR) is 77.1 cm³/mol. The maximum absolute atomic E-state index is 5.27. The van der Waals surface area contributed by atoms with Gasteiger partial charge in [-0.15, -0.1) is 0 Å². The second-order valence-electron chi connectivity index (χ2n) is 5.76. The lowest BCUT2D eigenvalue weighted by molar-refractivity contribution is 0.107. The second-order valence-corrected chi connectivity index (χ2v) is 5.76. The first-order valence-corrected chi connectivity index (χ1v) is 7.42. The molecule has 0 saturated heterocycles. The summed E-state index contributed by atoms with van der Waals surface area (Å²) >= 11 is 0. The minimum Gasteiger partial charge on any atom is -0.382 e. The molecular weight excluding hydrogens is 208 g/mol. The van der Waals surface area contributed by atoms with E-state index < -0.39 is 0 Å². The molecule has 0 aliphatic carbocycles. The normalized spacial score (nSPS) is 16.8. The average molecular weight is 241 g/mol. The summed E-state index contributed by atoms with van der Waals surface area (Å²) in [6.45, 7) is 10.8. The van der Waals surface area contributed by atoms with Crippen molar-refractivity contribution in [3.05, 3.63) is 6.92 Å². The predicted octanol–water partition coefficient (Wildman–Crippen LogP) is 5.25. The van der Waals surface area contributed by atoms with Crippen molar-refractivity contribution in [1.82, 2.24) is 0 Å². The third-order valence-corrected chi connectivity index (χ3v) is 3.80. The van der Waals surface area contributed by atoms with E-state index in [-0.39, 0.29) is 0 Å². The van der Waals surface area contributed by atoms with E-state index in [9.17, 15) is 0 Å². The van der Waals surface area contributed by atoms with Crippen LogP contribution >= 0.6 is 0 Å². The van der Waals surface area contributed by atoms with Crippen LogP contribution in [0, 0.1) is 18.8 Å². The van der Waals surface area contributed by atoms with Crippen molar-refractivity contribution in [1.29, 1.82) is 0 Å². The minimum absolute atomic E-state index is 0.430. The molecule has 0 spiro atoms. The third kappa shape index (κ3) is 10.8. The van der Waals surface area contributed by atoms with Gasteiger partial charge in [-0.1, -0.05) is 65.7 Å². The van der Waals surface area contributed by atoms with Gasteiger partial charge in [-0.2, -0.15) is 0 Å². The summed E-state index contributed by atoms with van der Waals surface area (Å²) in [5, 5.41) is 0. The molecule has 0 aromatic rings. The van der Waals surface area contributed by atoms with E-state index >= 15 is 0 Å². The highest BCUT2D eigenvalue weighted by molar-refractivity contribution is 4.60. The van der Waals surface area contributed by atoms with Gasteiger partial charge in [0.1, 0.15) is 0 Å². The second kappa shape index (κ2) is 11.1. The first kappa shape index (κ1) is 17.0. The van der Waals surface area contributed by atoms with Gasteiger partial charge >= 0.3 is 0 Å². The summed E-state index contributed by atoms with van der Waals surface area (Å²) < 4.78 is 5.27. The summed E-state index contributed by atoms with van der Waals surface area (Å²) in [7, 11) is 1.80. The number of hydrogen-bond donors (Lipinski definition) is 0. The average Bonchev–Trinajstić information content (AvgIpc) is 2.29. The van der Waals surface area contributed by atoms with E-state index in [2.05, 4.69) is 27.7 Å². The van der Waals surface area contributed by atoms with Crippen LogP contribution < -0.4 is 0 Å². The fraction of sp³-hybridized carbons (Fsp3) is 0.938. The molecule has 3 atom stereocenters. The standard InChI is InChI=1S/C16H33O/c1-6-9-14(2)10-7-11-15(3)12-8-13-16(4)17-5/h14-16H,1,6-13H2,2-5H3. The molecule has 0 aromatic heterocycles. The Morgan fingerprint density at radius 3 is 1.76 bits per heavy atom. The molecule has 0 aromatic carbocycles. The molecule has 17 heavy (non-hydrogen) atoms. The molecule has 0 rings (SSSR count). The van der Waals surface area contributed by atoms with Crippen molar-refractivity contribution in [3.63, 3.8) is 0 Å². The molecule has 1 radical (unpaired) electrons. The Labute approximate surface area is 109 Å². The van der Waals surface area contributed by atoms with Gasteiger partial charge in [-0.25, -0.2) is 0 Å². The van der Waals surface area contributed by atoms with Gasteiger partial charge in [0.15, 0.2) is 0 Å². The van der Waals surface area contributed by atoms with Gasteiger partial charge < -0.3 is 4.74 Å². The molecule has 1 heteroatoms. The van der Waals surface area contributed by atoms with Gasteiger partial charge in [0.05, 0.1) is 6.10 Å². The largest absolute Gasteiger partial charge is 0.382 e. The number of ether oxygens (including phenoxy) is 1. The van der Waals surface area contributed by atoms with Crippen LogP contribution in [0.3, 0.4) is 0 Å². The smallest absolute Gasteiger partial charge is 0.0543 e. The molecule has 0 saturated carbocycles. The zero-order valence-electron chi connectivity index (χ0n) is 12.5. The Hall–Kier alpha value is -0.0400. The zero-order chi connectivity index (χ0) is 13.1. The van der Waals surface area contributed by atoms with Crippen molar-refractivity contribution in [3.8, 4) is 0 Å². The van der Waals surface area contributed by atoms with Crippen LogP contribution in [0.2, 0.25) is 0 Å². The molecule has 0 N–H and O–H groups in total. The minimum atomic E-state index is 0.430. The summed E-state index contributed by atoms with van der Waals surface area (Å²) in [5.41, 5.74) is 0. The summed E-state index contributed by atoms with van der Waals surface area (Å²) in [4.78, 5) is 0. The maximum Gasteiger partial charge on any atom is 0.0543 e. The van der Waals surface area contributed by atoms with E-state index in [1.807, 2.05) is 0 Å². The van der Waals surface area contributed by atoms with Gasteiger partial charge in [0.2, 0.25) is 0 Å². The molecule has 0 aliphatic heterocycles. The molecule has 0 aliphatic rings. The van der Waals surface area contributed by atoms with Crippen LogP contribution in [0.1, 0.15) is 72.1 Å². The molecule has 3 unspecified atom stereocenters. The van der Waals surface area contributed by atoms with Crippen LogP contribution in [0.4, 0.5) is 0 Å². The Bertz CT molecular complexity index is 156. The van der Waals surface area contributed by atoms with Crippen LogP contribution in [-0.4, -0.2) is 13.2 Å². The topological polar surface area (TPSA) is 9.23 Å². The summed E-state index contributed by atoms with van der Waals surface area (Å²) in [6, 6.07) is 0. The first-order valence-electron chi connectivity index (χ1n) is 7.42. The van der Waals surface area contributed by atoms with Crippen molar-refractivity contribution in [2.24, 2.45) is 11.8 Å². The van der Waals surface area contributed by atoms with Crippen molar-refractivity contribution >= 4 is 0 Å². The van der Waals surface area contributed by atoms with Gasteiger partial charge in [0, 0.05) is 7.11 Å². The highest BCUT2D eigenvalue weighted by atomic mass is 16.5. The Balaban J connectivity index is 3.37. The van der Waals surface area contributed by atoms with Crippen LogP contribution in [-0.2, 0) is 4.74 Å². The summed E-state index contributed by atoms with van der Waals surface area (Å²) in [5.74, 6) is 1.75. The van der Waals surface area contributed by atoms with E-state index in [1.165, 1.54) is 44.9 Å². The Kier molecular flexibility index (Phi) is 11.0. The fourth-order valence-electron chi connectivity index (χ4n) is 2.32. The third-order valence-electron chi connectivity index (χ3n) is 3.80. The van der Waals surface area contributed by atoms with Crippen molar-refractivity contribution in [2.45, 2.75) is 78.2 Å². The van der Waals surface area contributed by atoms with Crippen LogP contribution in [0.15, 0.2) is 0 Å². The van der Waals surface area contributed by atoms with Crippen LogP contribution in [0.25, 0.3) is 0 Å². The lowest BCUT2D eigenvalue weighted by Crippen LogP contribution is -2.05. The van der Waals surface area contributed by atoms with Crippen molar-refractivity contribution < 1.29 is 4.74 Å². The van der Waals surface area contributed by atoms with Gasteiger partial charge in [-0.05, 0) is 25.2 Å². The maximum atomic E-state index is 5.27. The lowest BCUT2D eigenvalue weighted by atomic mass is 9.93. The Morgan fingerprint density at radius 1 is 0.824 bits per heavy atom. The molecule has 0 fully saturated rings. The molecular formula is C16H33O. The fourth-order valence-corrected chi connectivity index (χ4v) is 2.32. The van der Waals surface area contributed by atoms with Gasteiger partial charge in [-0.3, -0.25) is 0 Å². The molecule has 103 valence electrons. The van der Waals surface area contributed by atoms with Crippen molar-refractivity contribution in [2.75, 3.05) is 7.11 Å². The number of methoxy groups -OCH3 is 1. The van der Waals surface area contributed by atoms with E-state index in [0.717, 1.165) is 18.3 Å². The number of hydrogen-bond acceptors (Lipinski definition) is 1. The first-order chi connectivity index (χ1) is 8.10. The monoisotopic (exact) mass is 241 g/mol. The van der Waals surface area contributed by atoms with E-state index in [4.69, 9.17) is 4.74 Å². The summed E-state index contributed by atoms with van der Waals surface area (Å²) in [6.07, 6.45) is 10.9. The molecule has 0 amide bonds. The SMILES string of the molecule is [CH2]CCC(C)CCCC(C)CCCC(C)OC. The molecule has 0 heterocycles. The van der Waals surface area contributed by atoms with Gasteiger partial charge in [0.25, 0.3) is 0 Å². The highest BCUT2D eigenvalue weighted by Gasteiger charge is 2.06. The molecule has 1 nitrogen and oxygen atoms in total. The highest BCUT2D eigenvalue weighted by Crippen LogP contribution is 2.20. The van der Waals surface area contributed by atoms with E-state index in [0.29, 0.717) is 6.10 Å². The quantitative estimate of drug-likeness (QED) is 0.480. The molecule has 0 bridgehead atoms. The zero-order valence-corrected chi connectivity index (χ0v) is 12.5. The van der Waals surface area contributed by atoms with Crippen LogP contribution in [0.5, 0.6) is 0 Å². The Morgan fingerprint density at radius 2 is 1.29 bits per heavy atom. The lowest BCUT2D eigenvalue weighted by Gasteiger charge is -2.15. The van der Waals surface area contributed by atoms with E-state index in [1.54, 1.807) is 7.11 Å². The number of rotatable bonds is 11.